The fourth-order valence-corrected chi connectivity index (χ4v) is 2.66. The second-order valence-electron chi connectivity index (χ2n) is 5.44. The average molecular weight is 291 g/mol. The van der Waals surface area contributed by atoms with Crippen LogP contribution in [0, 0.1) is 5.92 Å². The van der Waals surface area contributed by atoms with Crippen molar-refractivity contribution >= 4 is 17.5 Å². The second-order valence-corrected chi connectivity index (χ2v) is 5.44. The molecule has 1 aromatic rings. The summed E-state index contributed by atoms with van der Waals surface area (Å²) in [6.07, 6.45) is 1.50. The molecule has 21 heavy (non-hydrogen) atoms. The van der Waals surface area contributed by atoms with Crippen molar-refractivity contribution in [3.05, 3.63) is 23.8 Å². The van der Waals surface area contributed by atoms with Gasteiger partial charge in [0, 0.05) is 18.2 Å². The topological polar surface area (TPSA) is 98.6 Å². The number of anilines is 1. The smallest absolute Gasteiger partial charge is 0.254 e. The highest BCUT2D eigenvalue weighted by atomic mass is 16.5. The predicted molar refractivity (Wildman–Crippen MR) is 79.8 cm³/mol. The second kappa shape index (κ2) is 6.03. The summed E-state index contributed by atoms with van der Waals surface area (Å²) in [5.74, 6) is -0.231. The number of hydrogen-bond donors (Lipinski definition) is 2. The van der Waals surface area contributed by atoms with Crippen LogP contribution in [0.4, 0.5) is 5.69 Å². The van der Waals surface area contributed by atoms with Crippen LogP contribution in [0.3, 0.4) is 0 Å². The first-order chi connectivity index (χ1) is 9.93. The molecule has 6 heteroatoms. The molecule has 1 heterocycles. The van der Waals surface area contributed by atoms with Crippen molar-refractivity contribution in [3.63, 3.8) is 0 Å². The molecular weight excluding hydrogens is 270 g/mol. The maximum Gasteiger partial charge on any atom is 0.254 e. The van der Waals surface area contributed by atoms with Gasteiger partial charge in [-0.25, -0.2) is 0 Å². The molecule has 114 valence electrons. The molecule has 0 bridgehead atoms. The Morgan fingerprint density at radius 1 is 1.33 bits per heavy atom. The number of methoxy groups -OCH3 is 1. The van der Waals surface area contributed by atoms with Gasteiger partial charge in [0.05, 0.1) is 18.7 Å². The Bertz CT molecular complexity index is 559. The molecule has 1 fully saturated rings. The molecule has 4 N–H and O–H groups in total. The van der Waals surface area contributed by atoms with Crippen molar-refractivity contribution in [2.75, 3.05) is 19.4 Å². The van der Waals surface area contributed by atoms with Crippen LogP contribution in [0.15, 0.2) is 18.2 Å². The molecule has 1 aliphatic heterocycles. The summed E-state index contributed by atoms with van der Waals surface area (Å²) in [7, 11) is 1.53. The summed E-state index contributed by atoms with van der Waals surface area (Å²) in [4.78, 5) is 25.7. The molecule has 6 nitrogen and oxygen atoms in total. The van der Waals surface area contributed by atoms with Crippen molar-refractivity contribution in [1.82, 2.24) is 4.90 Å². The zero-order chi connectivity index (χ0) is 15.6. The van der Waals surface area contributed by atoms with Crippen molar-refractivity contribution in [2.24, 2.45) is 11.7 Å². The summed E-state index contributed by atoms with van der Waals surface area (Å²) in [6, 6.07) is 5.03. The van der Waals surface area contributed by atoms with Gasteiger partial charge in [-0.05, 0) is 38.0 Å². The number of carbonyl (C=O) groups is 2. The number of nitrogen functional groups attached to an aromatic ring is 1. The van der Waals surface area contributed by atoms with E-state index in [1.807, 2.05) is 6.92 Å². The summed E-state index contributed by atoms with van der Waals surface area (Å²) < 4.78 is 5.08. The van der Waals surface area contributed by atoms with Crippen LogP contribution in [-0.2, 0) is 4.79 Å². The maximum atomic E-state index is 12.6. The minimum absolute atomic E-state index is 0.0800. The fourth-order valence-electron chi connectivity index (χ4n) is 2.66. The van der Waals surface area contributed by atoms with Crippen LogP contribution in [0.5, 0.6) is 5.75 Å². The van der Waals surface area contributed by atoms with E-state index in [9.17, 15) is 9.59 Å². The third-order valence-electron chi connectivity index (χ3n) is 4.02. The van der Waals surface area contributed by atoms with Gasteiger partial charge in [0.2, 0.25) is 5.91 Å². The number of rotatable bonds is 3. The fraction of sp³-hybridized carbons (Fsp3) is 0.467. The molecule has 1 saturated heterocycles. The van der Waals surface area contributed by atoms with Gasteiger partial charge >= 0.3 is 0 Å². The maximum absolute atomic E-state index is 12.6. The third kappa shape index (κ3) is 3.09. The highest BCUT2D eigenvalue weighted by Crippen LogP contribution is 2.26. The van der Waals surface area contributed by atoms with Crippen LogP contribution in [0.1, 0.15) is 30.1 Å². The van der Waals surface area contributed by atoms with E-state index in [-0.39, 0.29) is 23.8 Å². The number of primary amides is 1. The number of nitrogens with two attached hydrogens (primary N) is 2. The summed E-state index contributed by atoms with van der Waals surface area (Å²) in [5.41, 5.74) is 12.1. The van der Waals surface area contributed by atoms with Crippen molar-refractivity contribution in [2.45, 2.75) is 25.8 Å². The van der Waals surface area contributed by atoms with E-state index in [0.717, 1.165) is 12.8 Å². The van der Waals surface area contributed by atoms with Crippen LogP contribution >= 0.6 is 0 Å². The Morgan fingerprint density at radius 3 is 2.62 bits per heavy atom. The minimum atomic E-state index is -0.353. The average Bonchev–Trinajstić information content (AvgIpc) is 2.46. The van der Waals surface area contributed by atoms with E-state index in [2.05, 4.69) is 0 Å². The SMILES string of the molecule is COc1ccc(C(=O)N2CC(C(N)=O)CCC2C)cc1N. The van der Waals surface area contributed by atoms with Gasteiger partial charge in [-0.1, -0.05) is 0 Å². The molecule has 2 rings (SSSR count). The molecule has 0 radical (unpaired) electrons. The van der Waals surface area contributed by atoms with Crippen LogP contribution in [-0.4, -0.2) is 36.4 Å². The Labute approximate surface area is 124 Å². The summed E-state index contributed by atoms with van der Waals surface area (Å²) in [5, 5.41) is 0. The Morgan fingerprint density at radius 2 is 2.05 bits per heavy atom. The van der Waals surface area contributed by atoms with Gasteiger partial charge in [-0.2, -0.15) is 0 Å². The molecule has 1 aliphatic rings. The zero-order valence-corrected chi connectivity index (χ0v) is 12.3. The largest absolute Gasteiger partial charge is 0.495 e. The number of nitrogens with zero attached hydrogens (tertiary/aromatic N) is 1. The molecule has 2 unspecified atom stereocenters. The first-order valence-corrected chi connectivity index (χ1v) is 6.97. The van der Waals surface area contributed by atoms with Crippen molar-refractivity contribution < 1.29 is 14.3 Å². The number of hydrogen-bond acceptors (Lipinski definition) is 4. The quantitative estimate of drug-likeness (QED) is 0.812. The summed E-state index contributed by atoms with van der Waals surface area (Å²) in [6.45, 7) is 2.34. The molecule has 1 aromatic carbocycles. The van der Waals surface area contributed by atoms with E-state index >= 15 is 0 Å². The number of benzene rings is 1. The lowest BCUT2D eigenvalue weighted by molar-refractivity contribution is -0.123. The molecule has 0 aliphatic carbocycles. The number of amides is 2. The van der Waals surface area contributed by atoms with E-state index in [4.69, 9.17) is 16.2 Å². The monoisotopic (exact) mass is 291 g/mol. The van der Waals surface area contributed by atoms with E-state index < -0.39 is 0 Å². The van der Waals surface area contributed by atoms with Gasteiger partial charge in [-0.3, -0.25) is 9.59 Å². The molecule has 2 atom stereocenters. The standard InChI is InChI=1S/C15H21N3O3/c1-9-3-4-11(14(17)19)8-18(9)15(20)10-5-6-13(21-2)12(16)7-10/h5-7,9,11H,3-4,8,16H2,1-2H3,(H2,17,19). The van der Waals surface area contributed by atoms with Crippen LogP contribution in [0.25, 0.3) is 0 Å². The normalized spacial score (nSPS) is 21.9. The zero-order valence-electron chi connectivity index (χ0n) is 12.3. The number of carbonyl (C=O) groups excluding carboxylic acids is 2. The van der Waals surface area contributed by atoms with Crippen molar-refractivity contribution in [3.8, 4) is 5.75 Å². The Balaban J connectivity index is 2.21. The van der Waals surface area contributed by atoms with Gasteiger partial charge in [0.15, 0.2) is 0 Å². The highest BCUT2D eigenvalue weighted by Gasteiger charge is 2.32. The predicted octanol–water partition coefficient (Wildman–Crippen LogP) is 1.00. The van der Waals surface area contributed by atoms with Gasteiger partial charge in [0.1, 0.15) is 5.75 Å². The third-order valence-corrected chi connectivity index (χ3v) is 4.02. The lowest BCUT2D eigenvalue weighted by atomic mass is 9.92. The van der Waals surface area contributed by atoms with Crippen LogP contribution < -0.4 is 16.2 Å². The first-order valence-electron chi connectivity index (χ1n) is 6.97. The van der Waals surface area contributed by atoms with Gasteiger partial charge in [-0.15, -0.1) is 0 Å². The molecule has 2 amide bonds. The number of piperidine rings is 1. The minimum Gasteiger partial charge on any atom is -0.495 e. The highest BCUT2D eigenvalue weighted by molar-refractivity contribution is 5.96. The van der Waals surface area contributed by atoms with Crippen LogP contribution in [0.2, 0.25) is 0 Å². The lowest BCUT2D eigenvalue weighted by Crippen LogP contribution is -2.48. The molecule has 0 saturated carbocycles. The lowest BCUT2D eigenvalue weighted by Gasteiger charge is -2.37. The Kier molecular flexibility index (Phi) is 4.35. The van der Waals surface area contributed by atoms with Gasteiger partial charge < -0.3 is 21.1 Å². The van der Waals surface area contributed by atoms with Crippen molar-refractivity contribution in [1.29, 1.82) is 0 Å². The van der Waals surface area contributed by atoms with E-state index in [0.29, 0.717) is 23.5 Å². The van der Waals surface area contributed by atoms with Gasteiger partial charge in [0.25, 0.3) is 5.91 Å². The Hall–Kier alpha value is -2.24. The molecule has 0 spiro atoms. The number of ether oxygens (including phenoxy) is 1. The summed E-state index contributed by atoms with van der Waals surface area (Å²) >= 11 is 0. The molecule has 0 aromatic heterocycles. The number of likely N-dealkylation sites (tertiary alicyclic amines) is 1. The van der Waals surface area contributed by atoms with E-state index in [1.165, 1.54) is 7.11 Å². The molecular formula is C15H21N3O3. The first kappa shape index (κ1) is 15.2. The van der Waals surface area contributed by atoms with E-state index in [1.54, 1.807) is 23.1 Å².